The Morgan fingerprint density at radius 3 is 3.09 bits per heavy atom. The number of rotatable bonds is 1. The predicted molar refractivity (Wildman–Crippen MR) is 43.3 cm³/mol. The summed E-state index contributed by atoms with van der Waals surface area (Å²) in [6.45, 7) is 4.03. The molecule has 2 fully saturated rings. The molecule has 1 nitrogen and oxygen atoms in total. The molecule has 2 heteroatoms. The minimum absolute atomic E-state index is 0.277. The molecule has 0 spiro atoms. The number of fused-ring (bicyclic) bond motifs is 1. The molecule has 64 valence electrons. The molecule has 0 amide bonds. The summed E-state index contributed by atoms with van der Waals surface area (Å²) in [5.41, 5.74) is 0.277. The smallest absolute Gasteiger partial charge is 0.115 e. The van der Waals surface area contributed by atoms with E-state index in [4.69, 9.17) is 0 Å². The normalized spacial score (nSPS) is 44.7. The maximum Gasteiger partial charge on any atom is 0.115 e. The van der Waals surface area contributed by atoms with Gasteiger partial charge in [0, 0.05) is 12.1 Å². The van der Waals surface area contributed by atoms with Crippen LogP contribution < -0.4 is 0 Å². The van der Waals surface area contributed by atoms with E-state index in [-0.39, 0.29) is 5.54 Å². The Balaban J connectivity index is 2.15. The van der Waals surface area contributed by atoms with Crippen molar-refractivity contribution in [2.45, 2.75) is 44.3 Å². The van der Waals surface area contributed by atoms with Gasteiger partial charge in [0.25, 0.3) is 0 Å². The quantitative estimate of drug-likeness (QED) is 0.562. The van der Waals surface area contributed by atoms with E-state index in [0.717, 1.165) is 19.4 Å². The van der Waals surface area contributed by atoms with E-state index in [1.54, 1.807) is 0 Å². The molecule has 2 saturated heterocycles. The van der Waals surface area contributed by atoms with Crippen LogP contribution in [0.5, 0.6) is 0 Å². The molecule has 1 unspecified atom stereocenters. The predicted octanol–water partition coefficient (Wildman–Crippen LogP) is 1.97. The number of alkyl halides is 1. The Morgan fingerprint density at radius 2 is 2.45 bits per heavy atom. The van der Waals surface area contributed by atoms with Gasteiger partial charge in [-0.15, -0.1) is 0 Å². The van der Waals surface area contributed by atoms with Gasteiger partial charge >= 0.3 is 0 Å². The van der Waals surface area contributed by atoms with Crippen molar-refractivity contribution in [3.8, 4) is 0 Å². The first-order valence-electron chi connectivity index (χ1n) is 4.66. The zero-order chi connectivity index (χ0) is 7.90. The average molecular weight is 157 g/mol. The van der Waals surface area contributed by atoms with Crippen LogP contribution in [0.3, 0.4) is 0 Å². The molecule has 0 N–H and O–H groups in total. The van der Waals surface area contributed by atoms with Crippen molar-refractivity contribution in [1.82, 2.24) is 4.90 Å². The highest BCUT2D eigenvalue weighted by Crippen LogP contribution is 2.41. The van der Waals surface area contributed by atoms with Gasteiger partial charge in [0.15, 0.2) is 0 Å². The summed E-state index contributed by atoms with van der Waals surface area (Å²) in [6, 6.07) is 0. The molecule has 2 aliphatic rings. The van der Waals surface area contributed by atoms with Gasteiger partial charge in [-0.05, 0) is 32.2 Å². The van der Waals surface area contributed by atoms with E-state index in [1.807, 2.05) is 0 Å². The highest BCUT2D eigenvalue weighted by Gasteiger charge is 2.46. The number of halogens is 1. The zero-order valence-electron chi connectivity index (χ0n) is 7.15. The van der Waals surface area contributed by atoms with Crippen LogP contribution in [0.2, 0.25) is 0 Å². The van der Waals surface area contributed by atoms with Crippen molar-refractivity contribution >= 4 is 0 Å². The summed E-state index contributed by atoms with van der Waals surface area (Å²) in [5.74, 6) is 0. The number of nitrogens with zero attached hydrogens (tertiary/aromatic N) is 1. The van der Waals surface area contributed by atoms with Gasteiger partial charge in [-0.3, -0.25) is 4.90 Å². The van der Waals surface area contributed by atoms with E-state index in [9.17, 15) is 4.39 Å². The van der Waals surface area contributed by atoms with Crippen molar-refractivity contribution in [2.24, 2.45) is 0 Å². The van der Waals surface area contributed by atoms with Crippen molar-refractivity contribution in [3.05, 3.63) is 0 Å². The fourth-order valence-electron chi connectivity index (χ4n) is 2.77. The van der Waals surface area contributed by atoms with Gasteiger partial charge in [-0.25, -0.2) is 4.39 Å². The first-order chi connectivity index (χ1) is 5.27. The average Bonchev–Trinajstić information content (AvgIpc) is 2.43. The molecule has 2 aliphatic heterocycles. The minimum atomic E-state index is -0.546. The third-order valence-corrected chi connectivity index (χ3v) is 3.42. The largest absolute Gasteiger partial charge is 0.295 e. The van der Waals surface area contributed by atoms with Crippen molar-refractivity contribution in [2.75, 3.05) is 13.1 Å². The highest BCUT2D eigenvalue weighted by molar-refractivity contribution is 5.02. The van der Waals surface area contributed by atoms with Gasteiger partial charge in [0.05, 0.1) is 0 Å². The van der Waals surface area contributed by atoms with Crippen LogP contribution >= 0.6 is 0 Å². The minimum Gasteiger partial charge on any atom is -0.295 e. The highest BCUT2D eigenvalue weighted by atomic mass is 19.1. The molecule has 0 radical (unpaired) electrons. The van der Waals surface area contributed by atoms with E-state index in [1.165, 1.54) is 12.8 Å². The van der Waals surface area contributed by atoms with Crippen molar-refractivity contribution in [3.63, 3.8) is 0 Å². The van der Waals surface area contributed by atoms with E-state index < -0.39 is 6.17 Å². The Labute approximate surface area is 67.6 Å². The zero-order valence-corrected chi connectivity index (χ0v) is 7.15. The second kappa shape index (κ2) is 2.44. The lowest BCUT2D eigenvalue weighted by atomic mass is 9.91. The fraction of sp³-hybridized carbons (Fsp3) is 1.00. The maximum atomic E-state index is 13.0. The molecule has 0 bridgehead atoms. The Kier molecular flexibility index (Phi) is 1.67. The van der Waals surface area contributed by atoms with Crippen LogP contribution in [0.1, 0.15) is 32.6 Å². The second-order valence-corrected chi connectivity index (χ2v) is 3.93. The number of hydrogen-bond donors (Lipinski definition) is 0. The Bertz CT molecular complexity index is 160. The molecule has 2 heterocycles. The number of hydrogen-bond acceptors (Lipinski definition) is 1. The standard InChI is InChI=1S/C9H16FN/c1-2-9-4-3-5-11(9)7-8(10)6-9/h8H,2-7H2,1H3/t8-,9?/m1/s1. The first kappa shape index (κ1) is 7.53. The van der Waals surface area contributed by atoms with E-state index in [2.05, 4.69) is 11.8 Å². The molecule has 0 aliphatic carbocycles. The maximum absolute atomic E-state index is 13.0. The molecule has 0 saturated carbocycles. The molecular weight excluding hydrogens is 141 g/mol. The summed E-state index contributed by atoms with van der Waals surface area (Å²) in [5, 5.41) is 0. The van der Waals surface area contributed by atoms with Crippen LogP contribution in [0.15, 0.2) is 0 Å². The molecule has 11 heavy (non-hydrogen) atoms. The topological polar surface area (TPSA) is 3.24 Å². The summed E-state index contributed by atoms with van der Waals surface area (Å²) in [7, 11) is 0. The third-order valence-electron chi connectivity index (χ3n) is 3.42. The summed E-state index contributed by atoms with van der Waals surface area (Å²) in [4.78, 5) is 2.36. The molecule has 0 aromatic heterocycles. The second-order valence-electron chi connectivity index (χ2n) is 3.93. The lowest BCUT2D eigenvalue weighted by Gasteiger charge is -2.29. The lowest BCUT2D eigenvalue weighted by Crippen LogP contribution is -2.37. The van der Waals surface area contributed by atoms with Crippen LogP contribution in [0, 0.1) is 0 Å². The lowest BCUT2D eigenvalue weighted by molar-refractivity contribution is 0.189. The van der Waals surface area contributed by atoms with Gasteiger partial charge in [0.1, 0.15) is 6.17 Å². The molecule has 2 rings (SSSR count). The summed E-state index contributed by atoms with van der Waals surface area (Å²) >= 11 is 0. The van der Waals surface area contributed by atoms with Crippen LogP contribution in [0.25, 0.3) is 0 Å². The molecule has 0 aromatic carbocycles. The molecule has 0 aromatic rings. The fourth-order valence-corrected chi connectivity index (χ4v) is 2.77. The monoisotopic (exact) mass is 157 g/mol. The Hall–Kier alpha value is -0.110. The summed E-state index contributed by atoms with van der Waals surface area (Å²) in [6.07, 6.45) is 3.89. The Morgan fingerprint density at radius 1 is 1.64 bits per heavy atom. The first-order valence-corrected chi connectivity index (χ1v) is 4.66. The van der Waals surface area contributed by atoms with Crippen LogP contribution in [-0.4, -0.2) is 29.7 Å². The van der Waals surface area contributed by atoms with Gasteiger partial charge in [-0.2, -0.15) is 0 Å². The van der Waals surface area contributed by atoms with E-state index >= 15 is 0 Å². The SMILES string of the molecule is CCC12CCCN1C[C@H](F)C2. The van der Waals surface area contributed by atoms with Gasteiger partial charge < -0.3 is 0 Å². The van der Waals surface area contributed by atoms with E-state index in [0.29, 0.717) is 6.54 Å². The van der Waals surface area contributed by atoms with Crippen LogP contribution in [-0.2, 0) is 0 Å². The van der Waals surface area contributed by atoms with Gasteiger partial charge in [-0.1, -0.05) is 6.92 Å². The van der Waals surface area contributed by atoms with Crippen LogP contribution in [0.4, 0.5) is 4.39 Å². The molecule has 2 atom stereocenters. The molecular formula is C9H16FN. The summed E-state index contributed by atoms with van der Waals surface area (Å²) < 4.78 is 13.0. The van der Waals surface area contributed by atoms with Gasteiger partial charge in [0.2, 0.25) is 0 Å². The van der Waals surface area contributed by atoms with Crippen molar-refractivity contribution in [1.29, 1.82) is 0 Å². The van der Waals surface area contributed by atoms with Crippen molar-refractivity contribution < 1.29 is 4.39 Å². The third kappa shape index (κ3) is 0.994.